The molecule has 0 N–H and O–H groups in total. The number of carbonyl (C=O) groups excluding carboxylic acids is 1. The second kappa shape index (κ2) is 22.4. The third kappa shape index (κ3) is 27.2. The van der Waals surface area contributed by atoms with E-state index in [9.17, 15) is 4.79 Å². The maximum atomic E-state index is 11.4. The van der Waals surface area contributed by atoms with Crippen LogP contribution in [0.4, 0.5) is 0 Å². The summed E-state index contributed by atoms with van der Waals surface area (Å²) >= 11 is 0. The highest BCUT2D eigenvalue weighted by Gasteiger charge is 2.15. The largest absolute Gasteiger partial charge is 0.458 e. The first kappa shape index (κ1) is 30.2. The number of rotatable bonds is 23. The van der Waals surface area contributed by atoms with Crippen LogP contribution < -0.4 is 0 Å². The smallest absolute Gasteiger partial charge is 0.332 e. The first-order chi connectivity index (χ1) is 15.0. The van der Waals surface area contributed by atoms with E-state index in [-0.39, 0.29) is 12.6 Å². The summed E-state index contributed by atoms with van der Waals surface area (Å²) in [5, 5.41) is 0. The molecule has 9 heteroatoms. The summed E-state index contributed by atoms with van der Waals surface area (Å²) in [7, 11) is 0. The van der Waals surface area contributed by atoms with Gasteiger partial charge in [-0.2, -0.15) is 0 Å². The zero-order valence-corrected chi connectivity index (χ0v) is 20.0. The molecule has 9 nitrogen and oxygen atoms in total. The number of hydrogen-bond acceptors (Lipinski definition) is 9. The molecule has 0 rings (SSSR count). The van der Waals surface area contributed by atoms with Crippen LogP contribution >= 0.6 is 0 Å². The first-order valence-electron chi connectivity index (χ1n) is 11.2. The van der Waals surface area contributed by atoms with Crippen molar-refractivity contribution in [1.82, 2.24) is 0 Å². The topological polar surface area (TPSA) is 90.9 Å². The number of unbranched alkanes of at least 4 members (excludes halogenated alkanes) is 1. The second-order valence-electron chi connectivity index (χ2n) is 7.67. The molecule has 0 aliphatic carbocycles. The second-order valence-corrected chi connectivity index (χ2v) is 7.67. The van der Waals surface area contributed by atoms with Gasteiger partial charge >= 0.3 is 5.97 Å². The summed E-state index contributed by atoms with van der Waals surface area (Å²) in [6.07, 6.45) is 2.24. The molecule has 0 atom stereocenters. The Morgan fingerprint density at radius 3 is 1.19 bits per heavy atom. The number of ether oxygens (including phenoxy) is 8. The van der Waals surface area contributed by atoms with Crippen LogP contribution in [0, 0.1) is 0 Å². The normalized spacial score (nSPS) is 11.7. The molecular formula is C22H44O9. The molecule has 31 heavy (non-hydrogen) atoms. The molecule has 0 saturated heterocycles. The Morgan fingerprint density at radius 2 is 0.871 bits per heavy atom. The van der Waals surface area contributed by atoms with Gasteiger partial charge in [0.1, 0.15) is 12.2 Å². The molecule has 0 aromatic rings. The molecule has 0 saturated carbocycles. The van der Waals surface area contributed by atoms with E-state index in [1.807, 2.05) is 20.8 Å². The van der Waals surface area contributed by atoms with E-state index < -0.39 is 5.60 Å². The van der Waals surface area contributed by atoms with E-state index in [0.29, 0.717) is 79.3 Å². The Labute approximate surface area is 187 Å². The van der Waals surface area contributed by atoms with Gasteiger partial charge in [-0.1, -0.05) is 13.3 Å². The minimum absolute atomic E-state index is 0.0701. The van der Waals surface area contributed by atoms with Crippen LogP contribution in [-0.4, -0.2) is 104 Å². The van der Waals surface area contributed by atoms with Gasteiger partial charge in [-0.3, -0.25) is 0 Å². The van der Waals surface area contributed by atoms with E-state index >= 15 is 0 Å². The molecule has 0 aromatic carbocycles. The van der Waals surface area contributed by atoms with Gasteiger partial charge in [0.25, 0.3) is 0 Å². The molecule has 0 aromatic heterocycles. The zero-order chi connectivity index (χ0) is 23.0. The number of carbonyl (C=O) groups is 1. The lowest BCUT2D eigenvalue weighted by Crippen LogP contribution is -2.27. The van der Waals surface area contributed by atoms with Gasteiger partial charge in [0.2, 0.25) is 0 Å². The molecule has 186 valence electrons. The van der Waals surface area contributed by atoms with Gasteiger partial charge < -0.3 is 37.9 Å². The highest BCUT2D eigenvalue weighted by Crippen LogP contribution is 2.06. The predicted molar refractivity (Wildman–Crippen MR) is 116 cm³/mol. The minimum Gasteiger partial charge on any atom is -0.458 e. The van der Waals surface area contributed by atoms with Crippen molar-refractivity contribution >= 4 is 5.97 Å². The SMILES string of the molecule is CCCCOCCOCCOCCOCCOCCOCCOCC(=O)OC(C)(C)C. The number of esters is 1. The Bertz CT molecular complexity index is 386. The summed E-state index contributed by atoms with van der Waals surface area (Å²) in [4.78, 5) is 11.4. The summed E-state index contributed by atoms with van der Waals surface area (Å²) in [6, 6.07) is 0. The van der Waals surface area contributed by atoms with Gasteiger partial charge in [0, 0.05) is 6.61 Å². The monoisotopic (exact) mass is 452 g/mol. The van der Waals surface area contributed by atoms with Crippen LogP contribution in [0.2, 0.25) is 0 Å². The summed E-state index contributed by atoms with van der Waals surface area (Å²) in [5.74, 6) is -0.377. The maximum absolute atomic E-state index is 11.4. The first-order valence-corrected chi connectivity index (χ1v) is 11.2. The lowest BCUT2D eigenvalue weighted by atomic mass is 10.2. The van der Waals surface area contributed by atoms with E-state index in [0.717, 1.165) is 19.4 Å². The maximum Gasteiger partial charge on any atom is 0.332 e. The Morgan fingerprint density at radius 1 is 0.548 bits per heavy atom. The lowest BCUT2D eigenvalue weighted by Gasteiger charge is -2.19. The molecule has 0 heterocycles. The van der Waals surface area contributed by atoms with Gasteiger partial charge in [-0.05, 0) is 27.2 Å². The van der Waals surface area contributed by atoms with E-state index in [1.165, 1.54) is 0 Å². The van der Waals surface area contributed by atoms with E-state index in [2.05, 4.69) is 6.92 Å². The summed E-state index contributed by atoms with van der Waals surface area (Å²) in [5.41, 5.74) is -0.497. The average Bonchev–Trinajstić information content (AvgIpc) is 2.70. The van der Waals surface area contributed by atoms with Crippen molar-refractivity contribution in [3.05, 3.63) is 0 Å². The average molecular weight is 453 g/mol. The van der Waals surface area contributed by atoms with Crippen molar-refractivity contribution < 1.29 is 42.7 Å². The predicted octanol–water partition coefficient (Wildman–Crippen LogP) is 2.24. The van der Waals surface area contributed by atoms with Gasteiger partial charge in [0.15, 0.2) is 0 Å². The van der Waals surface area contributed by atoms with Crippen molar-refractivity contribution in [1.29, 1.82) is 0 Å². The van der Waals surface area contributed by atoms with Crippen molar-refractivity contribution in [2.24, 2.45) is 0 Å². The quantitative estimate of drug-likeness (QED) is 0.171. The van der Waals surface area contributed by atoms with Crippen LogP contribution in [0.1, 0.15) is 40.5 Å². The van der Waals surface area contributed by atoms with Crippen LogP contribution in [0.15, 0.2) is 0 Å². The van der Waals surface area contributed by atoms with Gasteiger partial charge in [-0.15, -0.1) is 0 Å². The van der Waals surface area contributed by atoms with Crippen LogP contribution in [0.5, 0.6) is 0 Å². The fourth-order valence-electron chi connectivity index (χ4n) is 2.09. The third-order valence-corrected chi connectivity index (χ3v) is 3.51. The number of hydrogen-bond donors (Lipinski definition) is 0. The Balaban J connectivity index is 3.10. The molecule has 0 spiro atoms. The van der Waals surface area contributed by atoms with Crippen LogP contribution in [-0.2, 0) is 42.7 Å². The van der Waals surface area contributed by atoms with E-state index in [4.69, 9.17) is 37.9 Å². The standard InChI is InChI=1S/C22H44O9/c1-5-6-7-24-8-9-25-10-11-26-12-13-27-14-15-28-16-17-29-18-19-30-20-21(23)31-22(2,3)4/h5-20H2,1-4H3. The molecule has 0 aliphatic heterocycles. The fourth-order valence-corrected chi connectivity index (χ4v) is 2.09. The van der Waals surface area contributed by atoms with Gasteiger partial charge in [0.05, 0.1) is 79.3 Å². The fraction of sp³-hybridized carbons (Fsp3) is 0.955. The van der Waals surface area contributed by atoms with Crippen molar-refractivity contribution in [3.8, 4) is 0 Å². The van der Waals surface area contributed by atoms with Gasteiger partial charge in [-0.25, -0.2) is 4.79 Å². The highest BCUT2D eigenvalue weighted by molar-refractivity contribution is 5.71. The third-order valence-electron chi connectivity index (χ3n) is 3.51. The molecule has 0 amide bonds. The highest BCUT2D eigenvalue weighted by atomic mass is 16.6. The van der Waals surface area contributed by atoms with Crippen LogP contribution in [0.3, 0.4) is 0 Å². The van der Waals surface area contributed by atoms with Crippen molar-refractivity contribution in [2.75, 3.05) is 92.5 Å². The Hall–Kier alpha value is -0.810. The van der Waals surface area contributed by atoms with Crippen molar-refractivity contribution in [3.63, 3.8) is 0 Å². The molecule has 0 unspecified atom stereocenters. The molecule has 0 bridgehead atoms. The zero-order valence-electron chi connectivity index (χ0n) is 20.0. The summed E-state index contributed by atoms with van der Waals surface area (Å²) in [6.45, 7) is 14.4. The molecule has 0 aliphatic rings. The van der Waals surface area contributed by atoms with Crippen LogP contribution in [0.25, 0.3) is 0 Å². The molecule has 0 radical (unpaired) electrons. The molecular weight excluding hydrogens is 408 g/mol. The van der Waals surface area contributed by atoms with E-state index in [1.54, 1.807) is 0 Å². The molecule has 0 fully saturated rings. The minimum atomic E-state index is -0.497. The van der Waals surface area contributed by atoms with Crippen molar-refractivity contribution in [2.45, 2.75) is 46.1 Å². The lowest BCUT2D eigenvalue weighted by molar-refractivity contribution is -0.160. The summed E-state index contributed by atoms with van der Waals surface area (Å²) < 4.78 is 42.7. The Kier molecular flexibility index (Phi) is 21.8.